The third-order valence-electron chi connectivity index (χ3n) is 4.68. The van der Waals surface area contributed by atoms with Gasteiger partial charge in [-0.15, -0.1) is 11.3 Å². The first-order chi connectivity index (χ1) is 13.1. The van der Waals surface area contributed by atoms with Gasteiger partial charge in [0.25, 0.3) is 0 Å². The number of anilines is 1. The van der Waals surface area contributed by atoms with Gasteiger partial charge in [-0.05, 0) is 36.6 Å². The molecule has 1 N–H and O–H groups in total. The summed E-state index contributed by atoms with van der Waals surface area (Å²) in [6, 6.07) is 18.2. The van der Waals surface area contributed by atoms with Crippen LogP contribution in [0.2, 0.25) is 5.02 Å². The summed E-state index contributed by atoms with van der Waals surface area (Å²) in [7, 11) is 0. The van der Waals surface area contributed by atoms with Gasteiger partial charge < -0.3 is 5.32 Å². The highest BCUT2D eigenvalue weighted by molar-refractivity contribution is 7.18. The van der Waals surface area contributed by atoms with Crippen molar-refractivity contribution in [3.05, 3.63) is 87.0 Å². The molecule has 0 aliphatic rings. The Morgan fingerprint density at radius 1 is 0.963 bits per heavy atom. The van der Waals surface area contributed by atoms with Crippen molar-refractivity contribution in [2.75, 3.05) is 5.32 Å². The van der Waals surface area contributed by atoms with Crippen LogP contribution in [-0.2, 0) is 13.0 Å². The van der Waals surface area contributed by atoms with Crippen LogP contribution in [0.4, 0.5) is 5.82 Å². The molecule has 0 radical (unpaired) electrons. The molecule has 136 valence electrons. The summed E-state index contributed by atoms with van der Waals surface area (Å²) < 4.78 is 0. The number of nitrogens with one attached hydrogen (secondary N) is 1. The van der Waals surface area contributed by atoms with Crippen molar-refractivity contribution in [3.63, 3.8) is 0 Å². The van der Waals surface area contributed by atoms with Crippen LogP contribution in [0.3, 0.4) is 0 Å². The molecule has 5 heteroatoms. The van der Waals surface area contributed by atoms with Crippen LogP contribution in [0.1, 0.15) is 27.4 Å². The normalized spacial score (nSPS) is 11.1. The molecular formula is C22H20ClN3S. The second kappa shape index (κ2) is 7.67. The molecule has 2 heterocycles. The molecule has 2 aromatic heterocycles. The topological polar surface area (TPSA) is 37.8 Å². The van der Waals surface area contributed by atoms with Crippen LogP contribution in [0.25, 0.3) is 10.2 Å². The van der Waals surface area contributed by atoms with Crippen molar-refractivity contribution in [1.82, 2.24) is 9.97 Å². The van der Waals surface area contributed by atoms with Crippen molar-refractivity contribution in [2.45, 2.75) is 26.8 Å². The molecule has 4 rings (SSSR count). The molecule has 4 aromatic rings. The number of halogens is 1. The number of rotatable bonds is 5. The van der Waals surface area contributed by atoms with E-state index in [0.717, 1.165) is 32.4 Å². The number of hydrogen-bond acceptors (Lipinski definition) is 4. The first kappa shape index (κ1) is 18.0. The van der Waals surface area contributed by atoms with Gasteiger partial charge in [0.05, 0.1) is 5.39 Å². The van der Waals surface area contributed by atoms with E-state index >= 15 is 0 Å². The fraction of sp³-hybridized carbons (Fsp3) is 0.182. The van der Waals surface area contributed by atoms with Crippen molar-refractivity contribution in [1.29, 1.82) is 0 Å². The van der Waals surface area contributed by atoms with Crippen molar-refractivity contribution < 1.29 is 0 Å². The van der Waals surface area contributed by atoms with E-state index in [9.17, 15) is 0 Å². The Morgan fingerprint density at radius 2 is 1.70 bits per heavy atom. The van der Waals surface area contributed by atoms with Crippen LogP contribution >= 0.6 is 22.9 Å². The van der Waals surface area contributed by atoms with Gasteiger partial charge in [-0.3, -0.25) is 0 Å². The minimum atomic E-state index is 0.630. The van der Waals surface area contributed by atoms with Gasteiger partial charge in [-0.25, -0.2) is 9.97 Å². The lowest BCUT2D eigenvalue weighted by Gasteiger charge is -2.11. The molecule has 0 aliphatic carbocycles. The van der Waals surface area contributed by atoms with Gasteiger partial charge in [-0.1, -0.05) is 60.1 Å². The Morgan fingerprint density at radius 3 is 2.48 bits per heavy atom. The average molecular weight is 394 g/mol. The SMILES string of the molecule is Cc1sc2nc(Cc3ccccc3)nc(NCc3ccccc3Cl)c2c1C. The highest BCUT2D eigenvalue weighted by Gasteiger charge is 2.15. The molecule has 2 aromatic carbocycles. The zero-order valence-electron chi connectivity index (χ0n) is 15.3. The first-order valence-corrected chi connectivity index (χ1v) is 10.1. The fourth-order valence-corrected chi connectivity index (χ4v) is 4.35. The fourth-order valence-electron chi connectivity index (χ4n) is 3.10. The van der Waals surface area contributed by atoms with E-state index in [1.54, 1.807) is 11.3 Å². The molecule has 0 saturated carbocycles. The van der Waals surface area contributed by atoms with Gasteiger partial charge in [-0.2, -0.15) is 0 Å². The van der Waals surface area contributed by atoms with Gasteiger partial charge in [0.1, 0.15) is 16.5 Å². The number of nitrogens with zero attached hydrogens (tertiary/aromatic N) is 2. The standard InChI is InChI=1S/C22H20ClN3S/c1-14-15(2)27-22-20(14)21(24-13-17-10-6-7-11-18(17)23)25-19(26-22)12-16-8-4-3-5-9-16/h3-11H,12-13H2,1-2H3,(H,24,25,26). The molecule has 0 unspecified atom stereocenters. The average Bonchev–Trinajstić information content (AvgIpc) is 2.96. The Hall–Kier alpha value is -2.43. The van der Waals surface area contributed by atoms with E-state index in [1.807, 2.05) is 42.5 Å². The summed E-state index contributed by atoms with van der Waals surface area (Å²) in [5, 5.41) is 5.37. The summed E-state index contributed by atoms with van der Waals surface area (Å²) >= 11 is 8.04. The molecule has 0 spiro atoms. The van der Waals surface area contributed by atoms with Gasteiger partial charge in [0.2, 0.25) is 0 Å². The first-order valence-electron chi connectivity index (χ1n) is 8.89. The van der Waals surface area contributed by atoms with Crippen molar-refractivity contribution >= 4 is 39.0 Å². The van der Waals surface area contributed by atoms with Gasteiger partial charge >= 0.3 is 0 Å². The number of aryl methyl sites for hydroxylation is 2. The summed E-state index contributed by atoms with van der Waals surface area (Å²) in [5.74, 6) is 1.71. The van der Waals surface area contributed by atoms with Crippen LogP contribution < -0.4 is 5.32 Å². The summed E-state index contributed by atoms with van der Waals surface area (Å²) in [6.45, 7) is 4.90. The molecule has 3 nitrogen and oxygen atoms in total. The van der Waals surface area contributed by atoms with Crippen LogP contribution in [0.15, 0.2) is 54.6 Å². The van der Waals surface area contributed by atoms with E-state index in [2.05, 4.69) is 31.3 Å². The van der Waals surface area contributed by atoms with Crippen LogP contribution in [-0.4, -0.2) is 9.97 Å². The second-order valence-electron chi connectivity index (χ2n) is 6.56. The molecule has 0 fully saturated rings. The number of aromatic nitrogens is 2. The molecular weight excluding hydrogens is 374 g/mol. The smallest absolute Gasteiger partial charge is 0.139 e. The van der Waals surface area contributed by atoms with Crippen molar-refractivity contribution in [2.24, 2.45) is 0 Å². The predicted octanol–water partition coefficient (Wildman–Crippen LogP) is 6.16. The maximum atomic E-state index is 6.31. The third kappa shape index (κ3) is 3.82. The van der Waals surface area contributed by atoms with Gasteiger partial charge in [0, 0.05) is 22.9 Å². The van der Waals surface area contributed by atoms with E-state index in [0.29, 0.717) is 13.0 Å². The Bertz CT molecular complexity index is 1090. The number of thiophene rings is 1. The highest BCUT2D eigenvalue weighted by atomic mass is 35.5. The number of benzene rings is 2. The molecule has 0 bridgehead atoms. The molecule has 0 atom stereocenters. The Balaban J connectivity index is 1.71. The Kier molecular flexibility index (Phi) is 5.10. The minimum absolute atomic E-state index is 0.630. The quantitative estimate of drug-likeness (QED) is 0.441. The zero-order chi connectivity index (χ0) is 18.8. The summed E-state index contributed by atoms with van der Waals surface area (Å²) in [6.07, 6.45) is 0.716. The second-order valence-corrected chi connectivity index (χ2v) is 8.17. The van der Waals surface area contributed by atoms with E-state index in [-0.39, 0.29) is 0 Å². The number of hydrogen-bond donors (Lipinski definition) is 1. The highest BCUT2D eigenvalue weighted by Crippen LogP contribution is 2.34. The minimum Gasteiger partial charge on any atom is -0.365 e. The zero-order valence-corrected chi connectivity index (χ0v) is 16.9. The lowest BCUT2D eigenvalue weighted by Crippen LogP contribution is -2.06. The summed E-state index contributed by atoms with van der Waals surface area (Å²) in [5.41, 5.74) is 3.50. The molecule has 0 amide bonds. The van der Waals surface area contributed by atoms with E-state index < -0.39 is 0 Å². The lowest BCUT2D eigenvalue weighted by atomic mass is 10.1. The van der Waals surface area contributed by atoms with E-state index in [4.69, 9.17) is 21.6 Å². The van der Waals surface area contributed by atoms with Crippen LogP contribution in [0.5, 0.6) is 0 Å². The largest absolute Gasteiger partial charge is 0.365 e. The monoisotopic (exact) mass is 393 g/mol. The molecule has 27 heavy (non-hydrogen) atoms. The van der Waals surface area contributed by atoms with E-state index in [1.165, 1.54) is 16.0 Å². The lowest BCUT2D eigenvalue weighted by molar-refractivity contribution is 0.984. The molecule has 0 saturated heterocycles. The van der Waals surface area contributed by atoms with Gasteiger partial charge in [0.15, 0.2) is 0 Å². The maximum Gasteiger partial charge on any atom is 0.139 e. The predicted molar refractivity (Wildman–Crippen MR) is 115 cm³/mol. The number of fused-ring (bicyclic) bond motifs is 1. The van der Waals surface area contributed by atoms with Crippen LogP contribution in [0, 0.1) is 13.8 Å². The third-order valence-corrected chi connectivity index (χ3v) is 6.15. The summed E-state index contributed by atoms with van der Waals surface area (Å²) in [4.78, 5) is 12.0. The Labute approximate surface area is 168 Å². The maximum absolute atomic E-state index is 6.31. The van der Waals surface area contributed by atoms with Crippen molar-refractivity contribution in [3.8, 4) is 0 Å². The molecule has 0 aliphatic heterocycles.